The molecule has 1 fully saturated rings. The van der Waals surface area contributed by atoms with Crippen LogP contribution in [0.4, 0.5) is 0 Å². The molecule has 15 heavy (non-hydrogen) atoms. The van der Waals surface area contributed by atoms with Gasteiger partial charge in [0.05, 0.1) is 0 Å². The predicted octanol–water partition coefficient (Wildman–Crippen LogP) is 0.163. The Kier molecular flexibility index (Phi) is 3.96. The molecule has 0 aliphatic heterocycles. The standard InChI is InChI=1S/C10H15NO4/c1-6(12)15-10(14)8(11)5-7-3-2-4-9(7)13/h7-8H,2-5,11H2,1H3/t7?,8-/m0/s1. The Hall–Kier alpha value is -1.23. The maximum atomic E-state index is 11.3. The van der Waals surface area contributed by atoms with Gasteiger partial charge in [0.1, 0.15) is 11.8 Å². The zero-order valence-electron chi connectivity index (χ0n) is 8.69. The smallest absolute Gasteiger partial charge is 0.330 e. The summed E-state index contributed by atoms with van der Waals surface area (Å²) in [6.45, 7) is 1.14. The summed E-state index contributed by atoms with van der Waals surface area (Å²) >= 11 is 0. The summed E-state index contributed by atoms with van der Waals surface area (Å²) in [7, 11) is 0. The van der Waals surface area contributed by atoms with Crippen molar-refractivity contribution in [3.63, 3.8) is 0 Å². The Bertz CT molecular complexity index is 287. The first-order valence-electron chi connectivity index (χ1n) is 5.01. The van der Waals surface area contributed by atoms with Gasteiger partial charge in [0.15, 0.2) is 0 Å². The van der Waals surface area contributed by atoms with Gasteiger partial charge in [-0.3, -0.25) is 9.59 Å². The summed E-state index contributed by atoms with van der Waals surface area (Å²) in [5.41, 5.74) is 5.53. The molecule has 2 atom stereocenters. The number of ketones is 1. The molecular weight excluding hydrogens is 198 g/mol. The lowest BCUT2D eigenvalue weighted by Crippen LogP contribution is -2.35. The van der Waals surface area contributed by atoms with E-state index in [2.05, 4.69) is 4.74 Å². The third kappa shape index (κ3) is 3.43. The number of Topliss-reactive ketones (excluding diaryl/α,β-unsaturated/α-hetero) is 1. The quantitative estimate of drug-likeness (QED) is 0.533. The fourth-order valence-corrected chi connectivity index (χ4v) is 1.76. The summed E-state index contributed by atoms with van der Waals surface area (Å²) in [5.74, 6) is -1.41. The fraction of sp³-hybridized carbons (Fsp3) is 0.700. The van der Waals surface area contributed by atoms with E-state index in [1.807, 2.05) is 0 Å². The van der Waals surface area contributed by atoms with Crippen LogP contribution in [-0.2, 0) is 19.1 Å². The molecular formula is C10H15NO4. The summed E-state index contributed by atoms with van der Waals surface area (Å²) in [4.78, 5) is 32.9. The highest BCUT2D eigenvalue weighted by Crippen LogP contribution is 2.25. The predicted molar refractivity (Wildman–Crippen MR) is 51.7 cm³/mol. The van der Waals surface area contributed by atoms with Gasteiger partial charge in [-0.1, -0.05) is 0 Å². The van der Waals surface area contributed by atoms with Gasteiger partial charge in [0.25, 0.3) is 0 Å². The molecule has 0 aromatic rings. The molecule has 0 aromatic carbocycles. The number of esters is 2. The van der Waals surface area contributed by atoms with Gasteiger partial charge < -0.3 is 10.5 Å². The molecule has 0 bridgehead atoms. The second-order valence-corrected chi connectivity index (χ2v) is 3.81. The van der Waals surface area contributed by atoms with E-state index in [1.54, 1.807) is 0 Å². The molecule has 1 unspecified atom stereocenters. The van der Waals surface area contributed by atoms with Gasteiger partial charge in [0, 0.05) is 19.3 Å². The van der Waals surface area contributed by atoms with Crippen molar-refractivity contribution >= 4 is 17.7 Å². The van der Waals surface area contributed by atoms with Gasteiger partial charge in [-0.2, -0.15) is 0 Å². The number of carbonyl (C=O) groups is 3. The highest BCUT2D eigenvalue weighted by molar-refractivity contribution is 5.88. The Morgan fingerprint density at radius 1 is 1.60 bits per heavy atom. The van der Waals surface area contributed by atoms with E-state index >= 15 is 0 Å². The topological polar surface area (TPSA) is 86.5 Å². The van der Waals surface area contributed by atoms with Crippen LogP contribution in [-0.4, -0.2) is 23.8 Å². The average Bonchev–Trinajstić information content (AvgIpc) is 2.50. The molecule has 1 rings (SSSR count). The van der Waals surface area contributed by atoms with Crippen molar-refractivity contribution < 1.29 is 19.1 Å². The van der Waals surface area contributed by atoms with Crippen LogP contribution >= 0.6 is 0 Å². The van der Waals surface area contributed by atoms with Crippen molar-refractivity contribution in [3.8, 4) is 0 Å². The minimum atomic E-state index is -0.874. The molecule has 5 heteroatoms. The van der Waals surface area contributed by atoms with E-state index in [4.69, 9.17) is 5.73 Å². The first-order chi connectivity index (χ1) is 7.00. The summed E-state index contributed by atoms with van der Waals surface area (Å²) in [6.07, 6.45) is 2.49. The van der Waals surface area contributed by atoms with Crippen LogP contribution in [0.5, 0.6) is 0 Å². The van der Waals surface area contributed by atoms with E-state index in [9.17, 15) is 14.4 Å². The number of hydrogen-bond acceptors (Lipinski definition) is 5. The lowest BCUT2D eigenvalue weighted by Gasteiger charge is -2.13. The van der Waals surface area contributed by atoms with Crippen molar-refractivity contribution in [3.05, 3.63) is 0 Å². The zero-order chi connectivity index (χ0) is 11.4. The van der Waals surface area contributed by atoms with Crippen molar-refractivity contribution in [2.45, 2.75) is 38.6 Å². The monoisotopic (exact) mass is 213 g/mol. The third-order valence-corrected chi connectivity index (χ3v) is 2.52. The molecule has 0 heterocycles. The van der Waals surface area contributed by atoms with Crippen LogP contribution in [0.25, 0.3) is 0 Å². The normalized spacial score (nSPS) is 22.5. The van der Waals surface area contributed by atoms with E-state index in [-0.39, 0.29) is 18.1 Å². The first kappa shape index (κ1) is 11.8. The number of rotatable bonds is 3. The van der Waals surface area contributed by atoms with Crippen LogP contribution in [0.2, 0.25) is 0 Å². The van der Waals surface area contributed by atoms with E-state index < -0.39 is 18.0 Å². The van der Waals surface area contributed by atoms with Crippen molar-refractivity contribution in [1.82, 2.24) is 0 Å². The van der Waals surface area contributed by atoms with Crippen LogP contribution in [0, 0.1) is 5.92 Å². The van der Waals surface area contributed by atoms with E-state index in [0.717, 1.165) is 19.8 Å². The minimum Gasteiger partial charge on any atom is -0.392 e. The Labute approximate surface area is 88.0 Å². The van der Waals surface area contributed by atoms with Crippen LogP contribution in [0.3, 0.4) is 0 Å². The first-order valence-corrected chi connectivity index (χ1v) is 5.01. The van der Waals surface area contributed by atoms with E-state index in [0.29, 0.717) is 6.42 Å². The van der Waals surface area contributed by atoms with Crippen molar-refractivity contribution in [2.24, 2.45) is 11.7 Å². The molecule has 0 radical (unpaired) electrons. The molecule has 1 aliphatic carbocycles. The maximum absolute atomic E-state index is 11.3. The van der Waals surface area contributed by atoms with Gasteiger partial charge in [-0.05, 0) is 19.3 Å². The summed E-state index contributed by atoms with van der Waals surface area (Å²) in [6, 6.07) is -0.874. The van der Waals surface area contributed by atoms with Gasteiger partial charge in [0.2, 0.25) is 0 Å². The summed E-state index contributed by atoms with van der Waals surface area (Å²) < 4.78 is 4.34. The highest BCUT2D eigenvalue weighted by Gasteiger charge is 2.29. The molecule has 0 aromatic heterocycles. The maximum Gasteiger partial charge on any atom is 0.330 e. The SMILES string of the molecule is CC(=O)OC(=O)[C@@H](N)CC1CCCC1=O. The second kappa shape index (κ2) is 5.02. The number of nitrogens with two attached hydrogens (primary N) is 1. The van der Waals surface area contributed by atoms with Crippen LogP contribution < -0.4 is 5.73 Å². The van der Waals surface area contributed by atoms with Crippen LogP contribution in [0.15, 0.2) is 0 Å². The largest absolute Gasteiger partial charge is 0.392 e. The second-order valence-electron chi connectivity index (χ2n) is 3.81. The lowest BCUT2D eigenvalue weighted by atomic mass is 9.98. The number of carbonyl (C=O) groups excluding carboxylic acids is 3. The molecule has 1 aliphatic rings. The molecule has 1 saturated carbocycles. The highest BCUT2D eigenvalue weighted by atomic mass is 16.6. The lowest BCUT2D eigenvalue weighted by molar-refractivity contribution is -0.159. The Balaban J connectivity index is 2.40. The van der Waals surface area contributed by atoms with Gasteiger partial charge >= 0.3 is 11.9 Å². The minimum absolute atomic E-state index is 0.139. The molecule has 5 nitrogen and oxygen atoms in total. The molecule has 84 valence electrons. The number of ether oxygens (including phenoxy) is 1. The van der Waals surface area contributed by atoms with Gasteiger partial charge in [-0.25, -0.2) is 4.79 Å². The van der Waals surface area contributed by atoms with Crippen molar-refractivity contribution in [2.75, 3.05) is 0 Å². The third-order valence-electron chi connectivity index (χ3n) is 2.52. The molecule has 0 saturated heterocycles. The van der Waals surface area contributed by atoms with E-state index in [1.165, 1.54) is 0 Å². The Morgan fingerprint density at radius 2 is 2.27 bits per heavy atom. The van der Waals surface area contributed by atoms with Crippen LogP contribution in [0.1, 0.15) is 32.6 Å². The molecule has 0 amide bonds. The molecule has 2 N–H and O–H groups in total. The summed E-state index contributed by atoms with van der Waals surface area (Å²) in [5, 5.41) is 0. The number of hydrogen-bond donors (Lipinski definition) is 1. The fourth-order valence-electron chi connectivity index (χ4n) is 1.76. The van der Waals surface area contributed by atoms with Gasteiger partial charge in [-0.15, -0.1) is 0 Å². The zero-order valence-corrected chi connectivity index (χ0v) is 8.69. The van der Waals surface area contributed by atoms with Crippen molar-refractivity contribution in [1.29, 1.82) is 0 Å². The Morgan fingerprint density at radius 3 is 2.73 bits per heavy atom. The molecule has 0 spiro atoms. The average molecular weight is 213 g/mol.